The third-order valence-electron chi connectivity index (χ3n) is 5.45. The lowest BCUT2D eigenvalue weighted by molar-refractivity contribution is 0.0754. The highest BCUT2D eigenvalue weighted by Gasteiger charge is 2.17. The molecule has 156 valence electrons. The SMILES string of the molecule is CCCN(CCC)C(=O)c1cnc(Nc2ccc(N3CCC(C)CC3)cc2)nc1. The van der Waals surface area contributed by atoms with Crippen LogP contribution in [0.1, 0.15) is 56.8 Å². The molecule has 1 aromatic carbocycles. The van der Waals surface area contributed by atoms with Gasteiger partial charge in [-0.25, -0.2) is 9.97 Å². The maximum absolute atomic E-state index is 12.6. The minimum atomic E-state index is 0.000419. The second kappa shape index (κ2) is 10.2. The number of anilines is 3. The molecule has 1 saturated heterocycles. The zero-order valence-electron chi connectivity index (χ0n) is 17.9. The molecule has 29 heavy (non-hydrogen) atoms. The average Bonchev–Trinajstić information content (AvgIpc) is 2.75. The monoisotopic (exact) mass is 395 g/mol. The summed E-state index contributed by atoms with van der Waals surface area (Å²) in [5, 5.41) is 3.22. The number of piperidine rings is 1. The molecule has 0 aliphatic carbocycles. The van der Waals surface area contributed by atoms with E-state index in [0.29, 0.717) is 11.5 Å². The van der Waals surface area contributed by atoms with E-state index in [1.807, 2.05) is 4.90 Å². The second-order valence-corrected chi connectivity index (χ2v) is 7.93. The number of rotatable bonds is 8. The summed E-state index contributed by atoms with van der Waals surface area (Å²) in [6.07, 6.45) is 7.62. The van der Waals surface area contributed by atoms with Crippen molar-refractivity contribution in [1.82, 2.24) is 14.9 Å². The van der Waals surface area contributed by atoms with Crippen LogP contribution in [-0.4, -0.2) is 47.0 Å². The third-order valence-corrected chi connectivity index (χ3v) is 5.45. The summed E-state index contributed by atoms with van der Waals surface area (Å²) in [4.78, 5) is 25.6. The van der Waals surface area contributed by atoms with Crippen molar-refractivity contribution in [3.63, 3.8) is 0 Å². The van der Waals surface area contributed by atoms with E-state index in [1.54, 1.807) is 12.4 Å². The van der Waals surface area contributed by atoms with Crippen molar-refractivity contribution in [3.8, 4) is 0 Å². The van der Waals surface area contributed by atoms with E-state index in [-0.39, 0.29) is 5.91 Å². The molecule has 2 heterocycles. The Labute approximate surface area is 174 Å². The number of hydrogen-bond acceptors (Lipinski definition) is 5. The van der Waals surface area contributed by atoms with E-state index in [1.165, 1.54) is 18.5 Å². The normalized spacial score (nSPS) is 14.7. The number of benzene rings is 1. The highest BCUT2D eigenvalue weighted by atomic mass is 16.2. The van der Waals surface area contributed by atoms with Gasteiger partial charge in [0, 0.05) is 49.9 Å². The average molecular weight is 396 g/mol. The van der Waals surface area contributed by atoms with Crippen LogP contribution in [0, 0.1) is 5.92 Å². The Kier molecular flexibility index (Phi) is 7.44. The highest BCUT2D eigenvalue weighted by Crippen LogP contribution is 2.25. The quantitative estimate of drug-likeness (QED) is 0.701. The fourth-order valence-corrected chi connectivity index (χ4v) is 3.69. The number of carbonyl (C=O) groups excluding carboxylic acids is 1. The lowest BCUT2D eigenvalue weighted by atomic mass is 9.99. The summed E-state index contributed by atoms with van der Waals surface area (Å²) in [6, 6.07) is 8.40. The van der Waals surface area contributed by atoms with Gasteiger partial charge in [0.25, 0.3) is 5.91 Å². The molecule has 1 aromatic heterocycles. The Bertz CT molecular complexity index is 761. The van der Waals surface area contributed by atoms with Gasteiger partial charge in [-0.3, -0.25) is 4.79 Å². The summed E-state index contributed by atoms with van der Waals surface area (Å²) in [6.45, 7) is 10.3. The number of carbonyl (C=O) groups is 1. The van der Waals surface area contributed by atoms with Gasteiger partial charge in [0.1, 0.15) is 0 Å². The molecule has 0 saturated carbocycles. The van der Waals surface area contributed by atoms with E-state index in [2.05, 4.69) is 65.2 Å². The van der Waals surface area contributed by atoms with Crippen LogP contribution >= 0.6 is 0 Å². The molecule has 0 radical (unpaired) electrons. The summed E-state index contributed by atoms with van der Waals surface area (Å²) < 4.78 is 0. The molecule has 1 aliphatic heterocycles. The van der Waals surface area contributed by atoms with Gasteiger partial charge < -0.3 is 15.1 Å². The Balaban J connectivity index is 1.60. The highest BCUT2D eigenvalue weighted by molar-refractivity contribution is 5.93. The smallest absolute Gasteiger partial charge is 0.256 e. The maximum atomic E-state index is 12.6. The third kappa shape index (κ3) is 5.68. The Morgan fingerprint density at radius 3 is 2.21 bits per heavy atom. The van der Waals surface area contributed by atoms with Crippen LogP contribution in [0.5, 0.6) is 0 Å². The predicted octanol–water partition coefficient (Wildman–Crippen LogP) is 4.72. The summed E-state index contributed by atoms with van der Waals surface area (Å²) in [5.74, 6) is 1.33. The van der Waals surface area contributed by atoms with Crippen molar-refractivity contribution >= 4 is 23.2 Å². The first-order chi connectivity index (χ1) is 14.1. The molecule has 3 rings (SSSR count). The molecule has 6 nitrogen and oxygen atoms in total. The van der Waals surface area contributed by atoms with E-state index < -0.39 is 0 Å². The number of aromatic nitrogens is 2. The van der Waals surface area contributed by atoms with Crippen LogP contribution in [0.4, 0.5) is 17.3 Å². The van der Waals surface area contributed by atoms with Crippen molar-refractivity contribution in [2.75, 3.05) is 36.4 Å². The van der Waals surface area contributed by atoms with Gasteiger partial charge in [-0.1, -0.05) is 20.8 Å². The predicted molar refractivity (Wildman–Crippen MR) is 119 cm³/mol. The Morgan fingerprint density at radius 1 is 1.07 bits per heavy atom. The zero-order valence-corrected chi connectivity index (χ0v) is 17.9. The van der Waals surface area contributed by atoms with Gasteiger partial charge in [-0.15, -0.1) is 0 Å². The van der Waals surface area contributed by atoms with Crippen molar-refractivity contribution in [2.24, 2.45) is 5.92 Å². The van der Waals surface area contributed by atoms with Gasteiger partial charge in [0.2, 0.25) is 5.95 Å². The molecule has 1 N–H and O–H groups in total. The standard InChI is InChI=1S/C23H33N5O/c1-4-12-28(13-5-2)22(29)19-16-24-23(25-17-19)26-20-6-8-21(9-7-20)27-14-10-18(3)11-15-27/h6-9,16-18H,4-5,10-15H2,1-3H3,(H,24,25,26). The van der Waals surface area contributed by atoms with E-state index in [0.717, 1.165) is 50.6 Å². The molecule has 0 atom stereocenters. The first-order valence-electron chi connectivity index (χ1n) is 10.8. The van der Waals surface area contributed by atoms with Gasteiger partial charge >= 0.3 is 0 Å². The Morgan fingerprint density at radius 2 is 1.66 bits per heavy atom. The molecule has 0 bridgehead atoms. The van der Waals surface area contributed by atoms with E-state index in [4.69, 9.17) is 0 Å². The van der Waals surface area contributed by atoms with Crippen LogP contribution in [0.15, 0.2) is 36.7 Å². The lowest BCUT2D eigenvalue weighted by Crippen LogP contribution is -2.32. The minimum Gasteiger partial charge on any atom is -0.372 e. The topological polar surface area (TPSA) is 61.4 Å². The van der Waals surface area contributed by atoms with Crippen molar-refractivity contribution in [3.05, 3.63) is 42.2 Å². The summed E-state index contributed by atoms with van der Waals surface area (Å²) in [5.41, 5.74) is 2.74. The summed E-state index contributed by atoms with van der Waals surface area (Å²) >= 11 is 0. The second-order valence-electron chi connectivity index (χ2n) is 7.93. The van der Waals surface area contributed by atoms with Crippen LogP contribution < -0.4 is 10.2 Å². The zero-order chi connectivity index (χ0) is 20.6. The maximum Gasteiger partial charge on any atom is 0.256 e. The largest absolute Gasteiger partial charge is 0.372 e. The van der Waals surface area contributed by atoms with Crippen LogP contribution in [-0.2, 0) is 0 Å². The molecule has 6 heteroatoms. The van der Waals surface area contributed by atoms with Crippen molar-refractivity contribution in [2.45, 2.75) is 46.5 Å². The first kappa shape index (κ1) is 21.1. The van der Waals surface area contributed by atoms with Gasteiger partial charge in [-0.2, -0.15) is 0 Å². The summed E-state index contributed by atoms with van der Waals surface area (Å²) in [7, 11) is 0. The van der Waals surface area contributed by atoms with Gasteiger partial charge in [0.15, 0.2) is 0 Å². The molecule has 0 spiro atoms. The van der Waals surface area contributed by atoms with E-state index in [9.17, 15) is 4.79 Å². The number of nitrogens with zero attached hydrogens (tertiary/aromatic N) is 4. The number of nitrogens with one attached hydrogen (secondary N) is 1. The van der Waals surface area contributed by atoms with Crippen molar-refractivity contribution in [1.29, 1.82) is 0 Å². The number of amides is 1. The van der Waals surface area contributed by atoms with Crippen LogP contribution in [0.2, 0.25) is 0 Å². The van der Waals surface area contributed by atoms with Gasteiger partial charge in [0.05, 0.1) is 5.56 Å². The molecule has 2 aromatic rings. The van der Waals surface area contributed by atoms with Crippen LogP contribution in [0.25, 0.3) is 0 Å². The molecule has 1 aliphatic rings. The molecular weight excluding hydrogens is 362 g/mol. The molecule has 1 amide bonds. The first-order valence-corrected chi connectivity index (χ1v) is 10.8. The number of hydrogen-bond donors (Lipinski definition) is 1. The minimum absolute atomic E-state index is 0.000419. The van der Waals surface area contributed by atoms with E-state index >= 15 is 0 Å². The van der Waals surface area contributed by atoms with Gasteiger partial charge in [-0.05, 0) is 55.9 Å². The molecular formula is C23H33N5O. The Hall–Kier alpha value is -2.63. The fraction of sp³-hybridized carbons (Fsp3) is 0.522. The molecule has 0 unspecified atom stereocenters. The fourth-order valence-electron chi connectivity index (χ4n) is 3.69. The lowest BCUT2D eigenvalue weighted by Gasteiger charge is -2.32. The van der Waals surface area contributed by atoms with Crippen LogP contribution in [0.3, 0.4) is 0 Å². The van der Waals surface area contributed by atoms with Crippen molar-refractivity contribution < 1.29 is 4.79 Å². The molecule has 1 fully saturated rings.